The van der Waals surface area contributed by atoms with Gasteiger partial charge in [0.2, 0.25) is 0 Å². The molecule has 10 heavy (non-hydrogen) atoms. The van der Waals surface area contributed by atoms with Gasteiger partial charge >= 0.3 is 0 Å². The fourth-order valence-electron chi connectivity index (χ4n) is 0.618. The molecule has 0 aromatic heterocycles. The zero-order valence-electron chi connectivity index (χ0n) is 4.94. The van der Waals surface area contributed by atoms with Crippen LogP contribution in [-0.4, -0.2) is 5.21 Å². The Balaban J connectivity index is 3.06. The molecule has 1 aromatic carbocycles. The van der Waals surface area contributed by atoms with E-state index in [0.29, 0.717) is 15.7 Å². The molecule has 0 heterocycles. The predicted molar refractivity (Wildman–Crippen MR) is 41.9 cm³/mol. The van der Waals surface area contributed by atoms with E-state index in [4.69, 9.17) is 28.4 Å². The average molecular weight is 178 g/mol. The summed E-state index contributed by atoms with van der Waals surface area (Å²) in [6.07, 6.45) is 0. The van der Waals surface area contributed by atoms with Crippen molar-refractivity contribution >= 4 is 28.9 Å². The largest absolute Gasteiger partial charge is 0.291 e. The molecule has 0 fully saturated rings. The molecule has 54 valence electrons. The summed E-state index contributed by atoms with van der Waals surface area (Å²) >= 11 is 11.2. The van der Waals surface area contributed by atoms with Gasteiger partial charge in [0.05, 0.1) is 5.69 Å². The lowest BCUT2D eigenvalue weighted by Gasteiger charge is -1.98. The number of halogens is 2. The van der Waals surface area contributed by atoms with Crippen LogP contribution in [0.1, 0.15) is 0 Å². The van der Waals surface area contributed by atoms with Gasteiger partial charge in [-0.25, -0.2) is 0 Å². The standard InChI is InChI=1S/C6H5Cl2NO/c7-4-1-5(8)3-6(2-4)9-10/h1-3,9-10H. The van der Waals surface area contributed by atoms with Crippen LogP contribution in [0.25, 0.3) is 0 Å². The summed E-state index contributed by atoms with van der Waals surface area (Å²) in [6, 6.07) is 4.71. The van der Waals surface area contributed by atoms with E-state index in [1.807, 2.05) is 5.48 Å². The first-order chi connectivity index (χ1) is 4.72. The number of benzene rings is 1. The van der Waals surface area contributed by atoms with E-state index >= 15 is 0 Å². The Morgan fingerprint density at radius 2 is 1.60 bits per heavy atom. The molecule has 2 nitrogen and oxygen atoms in total. The molecule has 0 atom stereocenters. The Kier molecular flexibility index (Phi) is 2.38. The molecule has 0 aliphatic rings. The second-order valence-corrected chi connectivity index (χ2v) is 2.64. The van der Waals surface area contributed by atoms with Crippen LogP contribution < -0.4 is 5.48 Å². The van der Waals surface area contributed by atoms with Crippen LogP contribution in [0.4, 0.5) is 5.69 Å². The summed E-state index contributed by atoms with van der Waals surface area (Å²) in [5.41, 5.74) is 2.42. The maximum absolute atomic E-state index is 8.42. The summed E-state index contributed by atoms with van der Waals surface area (Å²) < 4.78 is 0. The Morgan fingerprint density at radius 3 is 2.00 bits per heavy atom. The lowest BCUT2D eigenvalue weighted by atomic mass is 10.3. The maximum Gasteiger partial charge on any atom is 0.0631 e. The van der Waals surface area contributed by atoms with E-state index in [0.717, 1.165) is 0 Å². The minimum Gasteiger partial charge on any atom is -0.291 e. The molecule has 0 spiro atoms. The second kappa shape index (κ2) is 3.10. The SMILES string of the molecule is ONc1cc(Cl)cc(Cl)c1. The van der Waals surface area contributed by atoms with E-state index in [-0.39, 0.29) is 0 Å². The summed E-state index contributed by atoms with van der Waals surface area (Å²) in [7, 11) is 0. The molecule has 0 bridgehead atoms. The molecule has 2 N–H and O–H groups in total. The predicted octanol–water partition coefficient (Wildman–Crippen LogP) is 2.79. The van der Waals surface area contributed by atoms with Crippen molar-refractivity contribution in [1.29, 1.82) is 0 Å². The molecule has 0 unspecified atom stereocenters. The Labute approximate surface area is 68.3 Å². The zero-order valence-corrected chi connectivity index (χ0v) is 6.45. The molecule has 0 aliphatic heterocycles. The molecular formula is C6H5Cl2NO. The van der Waals surface area contributed by atoms with Crippen molar-refractivity contribution in [3.8, 4) is 0 Å². The van der Waals surface area contributed by atoms with Gasteiger partial charge in [0.1, 0.15) is 0 Å². The molecule has 0 saturated carbocycles. The van der Waals surface area contributed by atoms with Crippen molar-refractivity contribution in [2.45, 2.75) is 0 Å². The molecule has 0 amide bonds. The van der Waals surface area contributed by atoms with Crippen LogP contribution in [0.3, 0.4) is 0 Å². The minimum atomic E-state index is 0.484. The van der Waals surface area contributed by atoms with E-state index in [9.17, 15) is 0 Å². The van der Waals surface area contributed by atoms with Crippen LogP contribution in [-0.2, 0) is 0 Å². The summed E-state index contributed by atoms with van der Waals surface area (Å²) in [4.78, 5) is 0. The maximum atomic E-state index is 8.42. The number of nitrogens with one attached hydrogen (secondary N) is 1. The highest BCUT2D eigenvalue weighted by Gasteiger charge is 1.94. The lowest BCUT2D eigenvalue weighted by molar-refractivity contribution is 0.389. The first-order valence-electron chi connectivity index (χ1n) is 2.58. The number of rotatable bonds is 1. The summed E-state index contributed by atoms with van der Waals surface area (Å²) in [6.45, 7) is 0. The highest BCUT2D eigenvalue weighted by molar-refractivity contribution is 6.35. The van der Waals surface area contributed by atoms with Crippen molar-refractivity contribution in [1.82, 2.24) is 0 Å². The van der Waals surface area contributed by atoms with Crippen molar-refractivity contribution in [2.24, 2.45) is 0 Å². The number of hydrogen-bond donors (Lipinski definition) is 2. The lowest BCUT2D eigenvalue weighted by Crippen LogP contribution is -1.87. The monoisotopic (exact) mass is 177 g/mol. The fraction of sp³-hybridized carbons (Fsp3) is 0. The Hall–Kier alpha value is -0.440. The van der Waals surface area contributed by atoms with Gasteiger partial charge in [-0.1, -0.05) is 23.2 Å². The van der Waals surface area contributed by atoms with Crippen molar-refractivity contribution < 1.29 is 5.21 Å². The Bertz CT molecular complexity index is 219. The Morgan fingerprint density at radius 1 is 1.10 bits per heavy atom. The van der Waals surface area contributed by atoms with Gasteiger partial charge in [-0.05, 0) is 18.2 Å². The molecule has 0 radical (unpaired) electrons. The van der Waals surface area contributed by atoms with E-state index in [1.165, 1.54) is 0 Å². The van der Waals surface area contributed by atoms with Crippen molar-refractivity contribution in [3.05, 3.63) is 28.2 Å². The van der Waals surface area contributed by atoms with Crippen molar-refractivity contribution in [3.63, 3.8) is 0 Å². The average Bonchev–Trinajstić information content (AvgIpc) is 1.85. The second-order valence-electron chi connectivity index (χ2n) is 1.77. The number of hydrogen-bond acceptors (Lipinski definition) is 2. The molecule has 1 aromatic rings. The summed E-state index contributed by atoms with van der Waals surface area (Å²) in [5.74, 6) is 0. The van der Waals surface area contributed by atoms with E-state index in [1.54, 1.807) is 18.2 Å². The third-order valence-electron chi connectivity index (χ3n) is 0.992. The van der Waals surface area contributed by atoms with Gasteiger partial charge in [0, 0.05) is 10.0 Å². The first kappa shape index (κ1) is 7.66. The molecule has 0 aliphatic carbocycles. The van der Waals surface area contributed by atoms with Gasteiger partial charge in [0.15, 0.2) is 0 Å². The first-order valence-corrected chi connectivity index (χ1v) is 3.34. The highest BCUT2D eigenvalue weighted by atomic mass is 35.5. The van der Waals surface area contributed by atoms with Gasteiger partial charge in [-0.3, -0.25) is 10.7 Å². The van der Waals surface area contributed by atoms with Gasteiger partial charge in [0.25, 0.3) is 0 Å². The van der Waals surface area contributed by atoms with E-state index < -0.39 is 0 Å². The third-order valence-corrected chi connectivity index (χ3v) is 1.43. The van der Waals surface area contributed by atoms with Crippen LogP contribution >= 0.6 is 23.2 Å². The highest BCUT2D eigenvalue weighted by Crippen LogP contribution is 2.21. The summed E-state index contributed by atoms with van der Waals surface area (Å²) in [5, 5.41) is 9.40. The molecule has 4 heteroatoms. The number of anilines is 1. The third kappa shape index (κ3) is 1.77. The minimum absolute atomic E-state index is 0.484. The smallest absolute Gasteiger partial charge is 0.0631 e. The van der Waals surface area contributed by atoms with Gasteiger partial charge < -0.3 is 0 Å². The van der Waals surface area contributed by atoms with Crippen LogP contribution in [0, 0.1) is 0 Å². The quantitative estimate of drug-likeness (QED) is 0.648. The molecule has 1 rings (SSSR count). The van der Waals surface area contributed by atoms with Crippen LogP contribution in [0.15, 0.2) is 18.2 Å². The van der Waals surface area contributed by atoms with Crippen LogP contribution in [0.5, 0.6) is 0 Å². The molecule has 0 saturated heterocycles. The van der Waals surface area contributed by atoms with Gasteiger partial charge in [-0.2, -0.15) is 0 Å². The topological polar surface area (TPSA) is 32.3 Å². The normalized spacial score (nSPS) is 9.50. The molecular weight excluding hydrogens is 173 g/mol. The fourth-order valence-corrected chi connectivity index (χ4v) is 1.14. The van der Waals surface area contributed by atoms with Gasteiger partial charge in [-0.15, -0.1) is 0 Å². The zero-order chi connectivity index (χ0) is 7.56. The van der Waals surface area contributed by atoms with Crippen LogP contribution in [0.2, 0.25) is 10.0 Å². The van der Waals surface area contributed by atoms with Crippen molar-refractivity contribution in [2.75, 3.05) is 5.48 Å². The van der Waals surface area contributed by atoms with E-state index in [2.05, 4.69) is 0 Å².